The first-order valence-corrected chi connectivity index (χ1v) is 12.6. The minimum atomic E-state index is -1.07. The Morgan fingerprint density at radius 1 is 1.18 bits per heavy atom. The lowest BCUT2D eigenvalue weighted by atomic mass is 10.0. The van der Waals surface area contributed by atoms with E-state index in [1.54, 1.807) is 0 Å². The average Bonchev–Trinajstić information content (AvgIpc) is 2.06. The third kappa shape index (κ3) is 2.98. The highest BCUT2D eigenvalue weighted by Gasteiger charge is 2.33. The van der Waals surface area contributed by atoms with Crippen LogP contribution in [0.3, 0.4) is 0 Å². The molecule has 64 valence electrons. The van der Waals surface area contributed by atoms with Crippen molar-refractivity contribution in [2.45, 2.75) is 37.6 Å². The Labute approximate surface area is 95.6 Å². The molecule has 1 aliphatic carbocycles. The molecule has 0 aliphatic heterocycles. The minimum absolute atomic E-state index is 1.01. The zero-order chi connectivity index (χ0) is 8.32. The highest BCUT2D eigenvalue weighted by atomic mass is 127. The summed E-state index contributed by atoms with van der Waals surface area (Å²) in [5, 5.41) is 0. The molecule has 0 N–H and O–H groups in total. The first-order chi connectivity index (χ1) is 5.17. The topological polar surface area (TPSA) is 0 Å². The molecule has 1 aliphatic rings. The molecule has 1 rings (SSSR count). The lowest BCUT2D eigenvalue weighted by molar-refractivity contribution is 0.501. The normalized spacial score (nSPS) is 21.6. The van der Waals surface area contributed by atoms with Crippen LogP contribution in [-0.2, 0) is 0 Å². The zero-order valence-electron chi connectivity index (χ0n) is 6.65. The first kappa shape index (κ1) is 10.5. The quantitative estimate of drug-likeness (QED) is 0.372. The maximum atomic E-state index is 3.95. The molecule has 0 heterocycles. The van der Waals surface area contributed by atoms with Crippen LogP contribution >= 0.6 is 43.6 Å². The van der Waals surface area contributed by atoms with Gasteiger partial charge in [0.15, 0.2) is 0 Å². The Morgan fingerprint density at radius 3 is 2.18 bits per heavy atom. The van der Waals surface area contributed by atoms with Gasteiger partial charge in [0.2, 0.25) is 3.07 Å². The smallest absolute Gasteiger partial charge is 0.105 e. The third-order valence-corrected chi connectivity index (χ3v) is 12.6. The molecule has 1 saturated carbocycles. The molecular formula is C8H14I2Si. The van der Waals surface area contributed by atoms with Crippen molar-refractivity contribution in [2.75, 3.05) is 0 Å². The summed E-state index contributed by atoms with van der Waals surface area (Å²) in [5.74, 6) is 0. The predicted molar refractivity (Wildman–Crippen MR) is 70.8 cm³/mol. The van der Waals surface area contributed by atoms with Gasteiger partial charge in [0.25, 0.3) is 0 Å². The SMILES string of the molecule is C=C[Si](I)(I)C1CCCCC1. The molecule has 0 amide bonds. The molecule has 1 fully saturated rings. The Morgan fingerprint density at radius 2 is 1.73 bits per heavy atom. The van der Waals surface area contributed by atoms with Crippen molar-refractivity contribution in [1.29, 1.82) is 0 Å². The standard InChI is InChI=1S/C8H14I2Si/c1-2-11(9,10)8-6-4-3-5-7-8/h2,8H,1,3-7H2. The van der Waals surface area contributed by atoms with E-state index in [9.17, 15) is 0 Å². The van der Waals surface area contributed by atoms with Gasteiger partial charge in [-0.2, -0.15) is 0 Å². The molecule has 0 spiro atoms. The van der Waals surface area contributed by atoms with Gasteiger partial charge >= 0.3 is 0 Å². The molecule has 0 aromatic heterocycles. The van der Waals surface area contributed by atoms with Gasteiger partial charge in [0, 0.05) is 0 Å². The lowest BCUT2D eigenvalue weighted by Gasteiger charge is -2.29. The largest absolute Gasteiger partial charge is 0.216 e. The number of hydrogen-bond donors (Lipinski definition) is 0. The van der Waals surface area contributed by atoms with Gasteiger partial charge in [-0.3, -0.25) is 0 Å². The van der Waals surface area contributed by atoms with Crippen LogP contribution in [0.25, 0.3) is 0 Å². The van der Waals surface area contributed by atoms with Crippen LogP contribution in [0.15, 0.2) is 12.3 Å². The molecule has 0 aromatic rings. The summed E-state index contributed by atoms with van der Waals surface area (Å²) in [6.07, 6.45) is 7.30. The second kappa shape index (κ2) is 4.60. The van der Waals surface area contributed by atoms with Crippen LogP contribution in [0, 0.1) is 0 Å². The molecule has 0 saturated heterocycles. The van der Waals surface area contributed by atoms with Gasteiger partial charge in [-0.25, -0.2) is 0 Å². The van der Waals surface area contributed by atoms with E-state index in [0.29, 0.717) is 0 Å². The van der Waals surface area contributed by atoms with E-state index >= 15 is 0 Å². The highest BCUT2D eigenvalue weighted by Crippen LogP contribution is 2.44. The van der Waals surface area contributed by atoms with Crippen LogP contribution in [-0.4, -0.2) is 3.07 Å². The fourth-order valence-corrected chi connectivity index (χ4v) is 6.90. The number of hydrogen-bond acceptors (Lipinski definition) is 0. The van der Waals surface area contributed by atoms with E-state index in [-0.39, 0.29) is 0 Å². The summed E-state index contributed by atoms with van der Waals surface area (Å²) in [6.45, 7) is 3.95. The second-order valence-corrected chi connectivity index (χ2v) is 22.7. The molecule has 0 nitrogen and oxygen atoms in total. The maximum Gasteiger partial charge on any atom is 0.216 e. The molecule has 3 heteroatoms. The summed E-state index contributed by atoms with van der Waals surface area (Å²) in [6, 6.07) is 0. The van der Waals surface area contributed by atoms with E-state index in [0.717, 1.165) is 5.54 Å². The van der Waals surface area contributed by atoms with Crippen LogP contribution in [0.2, 0.25) is 5.54 Å². The predicted octanol–water partition coefficient (Wildman–Crippen LogP) is 4.36. The van der Waals surface area contributed by atoms with E-state index in [2.05, 4.69) is 55.9 Å². The van der Waals surface area contributed by atoms with Gasteiger partial charge in [0.05, 0.1) is 0 Å². The third-order valence-electron chi connectivity index (χ3n) is 2.42. The van der Waals surface area contributed by atoms with Gasteiger partial charge in [-0.05, 0) is 5.54 Å². The van der Waals surface area contributed by atoms with Crippen molar-refractivity contribution in [3.05, 3.63) is 12.3 Å². The van der Waals surface area contributed by atoms with E-state index in [1.807, 2.05) is 0 Å². The van der Waals surface area contributed by atoms with Crippen LogP contribution < -0.4 is 0 Å². The van der Waals surface area contributed by atoms with Crippen LogP contribution in [0.4, 0.5) is 0 Å². The van der Waals surface area contributed by atoms with Crippen molar-refractivity contribution in [2.24, 2.45) is 0 Å². The minimum Gasteiger partial charge on any atom is -0.105 e. The molecular weight excluding hydrogens is 378 g/mol. The number of rotatable bonds is 2. The Hall–Kier alpha value is 1.42. The van der Waals surface area contributed by atoms with Gasteiger partial charge < -0.3 is 0 Å². The van der Waals surface area contributed by atoms with Crippen molar-refractivity contribution in [3.8, 4) is 0 Å². The van der Waals surface area contributed by atoms with E-state index < -0.39 is 3.07 Å². The van der Waals surface area contributed by atoms with Gasteiger partial charge in [0.1, 0.15) is 0 Å². The van der Waals surface area contributed by atoms with E-state index in [1.165, 1.54) is 32.1 Å². The molecule has 0 aromatic carbocycles. The monoisotopic (exact) mass is 392 g/mol. The second-order valence-electron chi connectivity index (χ2n) is 3.21. The Bertz CT molecular complexity index is 139. The zero-order valence-corrected chi connectivity index (χ0v) is 12.0. The van der Waals surface area contributed by atoms with Crippen molar-refractivity contribution < 1.29 is 0 Å². The molecule has 0 atom stereocenters. The van der Waals surface area contributed by atoms with Crippen molar-refractivity contribution in [3.63, 3.8) is 0 Å². The molecule has 0 bridgehead atoms. The molecule has 11 heavy (non-hydrogen) atoms. The van der Waals surface area contributed by atoms with Gasteiger partial charge in [-0.1, -0.05) is 81.4 Å². The summed E-state index contributed by atoms with van der Waals surface area (Å²) in [7, 11) is 0. The van der Waals surface area contributed by atoms with Gasteiger partial charge in [-0.15, -0.1) is 6.58 Å². The number of halogens is 2. The summed E-state index contributed by atoms with van der Waals surface area (Å²) < 4.78 is -1.07. The molecule has 0 unspecified atom stereocenters. The summed E-state index contributed by atoms with van der Waals surface area (Å²) in [5.41, 5.74) is 3.25. The Kier molecular flexibility index (Phi) is 4.39. The van der Waals surface area contributed by atoms with Crippen LogP contribution in [0.5, 0.6) is 0 Å². The fraction of sp³-hybridized carbons (Fsp3) is 0.750. The van der Waals surface area contributed by atoms with Crippen molar-refractivity contribution >= 4 is 46.7 Å². The molecule has 0 radical (unpaired) electrons. The average molecular weight is 392 g/mol. The summed E-state index contributed by atoms with van der Waals surface area (Å²) >= 11 is 5.33. The van der Waals surface area contributed by atoms with E-state index in [4.69, 9.17) is 0 Å². The summed E-state index contributed by atoms with van der Waals surface area (Å²) in [4.78, 5) is 0. The maximum absolute atomic E-state index is 3.95. The van der Waals surface area contributed by atoms with Crippen molar-refractivity contribution in [1.82, 2.24) is 0 Å². The van der Waals surface area contributed by atoms with Crippen LogP contribution in [0.1, 0.15) is 32.1 Å². The Balaban J connectivity index is 2.50. The lowest BCUT2D eigenvalue weighted by Crippen LogP contribution is -2.24. The fourth-order valence-electron chi connectivity index (χ4n) is 1.65. The first-order valence-electron chi connectivity index (χ1n) is 4.18. The highest BCUT2D eigenvalue weighted by molar-refractivity contribution is 14.3.